The van der Waals surface area contributed by atoms with Gasteiger partial charge in [0.1, 0.15) is 17.2 Å². The van der Waals surface area contributed by atoms with Crippen LogP contribution in [0.5, 0.6) is 0 Å². The zero-order valence-corrected chi connectivity index (χ0v) is 15.7. The maximum absolute atomic E-state index is 13.3. The predicted molar refractivity (Wildman–Crippen MR) is 94.1 cm³/mol. The molecule has 3 fully saturated rings. The van der Waals surface area contributed by atoms with Crippen LogP contribution in [-0.2, 0) is 14.4 Å². The van der Waals surface area contributed by atoms with Crippen molar-refractivity contribution in [3.05, 3.63) is 11.6 Å². The van der Waals surface area contributed by atoms with Crippen LogP contribution in [0.4, 0.5) is 0 Å². The van der Waals surface area contributed by atoms with E-state index in [0.717, 1.165) is 5.57 Å². The second kappa shape index (κ2) is 5.35. The van der Waals surface area contributed by atoms with E-state index >= 15 is 0 Å². The molecule has 4 aliphatic carbocycles. The third-order valence-electron chi connectivity index (χ3n) is 8.26. The molecule has 5 nitrogen and oxygen atoms in total. The summed E-state index contributed by atoms with van der Waals surface area (Å²) in [5, 5.41) is 21.7. The van der Waals surface area contributed by atoms with Gasteiger partial charge in [0.05, 0.1) is 6.10 Å². The van der Waals surface area contributed by atoms with Crippen LogP contribution in [0.25, 0.3) is 0 Å². The fraction of sp³-hybridized carbons (Fsp3) is 0.762. The first-order valence-corrected chi connectivity index (χ1v) is 9.72. The number of fused-ring (bicyclic) bond motifs is 5. The molecule has 0 bridgehead atoms. The normalized spacial score (nSPS) is 50.6. The highest BCUT2D eigenvalue weighted by Crippen LogP contribution is 2.65. The molecule has 4 rings (SSSR count). The van der Waals surface area contributed by atoms with Gasteiger partial charge in [0, 0.05) is 36.0 Å². The Kier molecular flexibility index (Phi) is 3.72. The van der Waals surface area contributed by atoms with Gasteiger partial charge in [-0.05, 0) is 38.0 Å². The van der Waals surface area contributed by atoms with Gasteiger partial charge in [0.2, 0.25) is 0 Å². The van der Waals surface area contributed by atoms with Gasteiger partial charge in [-0.1, -0.05) is 25.5 Å². The predicted octanol–water partition coefficient (Wildman–Crippen LogP) is 1.99. The van der Waals surface area contributed by atoms with Crippen molar-refractivity contribution in [3.8, 4) is 0 Å². The van der Waals surface area contributed by atoms with Crippen molar-refractivity contribution in [3.63, 3.8) is 0 Å². The van der Waals surface area contributed by atoms with Gasteiger partial charge in [-0.3, -0.25) is 14.4 Å². The maximum Gasteiger partial charge on any atom is 0.166 e. The smallest absolute Gasteiger partial charge is 0.166 e. The number of hydrogen-bond acceptors (Lipinski definition) is 5. The van der Waals surface area contributed by atoms with E-state index < -0.39 is 34.2 Å². The minimum absolute atomic E-state index is 0.0326. The Balaban J connectivity index is 1.84. The molecule has 4 aliphatic rings. The third kappa shape index (κ3) is 1.96. The summed E-state index contributed by atoms with van der Waals surface area (Å²) in [6.07, 6.45) is 4.09. The Morgan fingerprint density at radius 2 is 1.92 bits per heavy atom. The Morgan fingerprint density at radius 3 is 2.58 bits per heavy atom. The number of Topliss-reactive ketones (excluding diaryl/α,β-unsaturated/α-hetero) is 3. The molecule has 142 valence electrons. The quantitative estimate of drug-likeness (QED) is 0.698. The van der Waals surface area contributed by atoms with Crippen molar-refractivity contribution in [2.24, 2.45) is 28.6 Å². The largest absolute Gasteiger partial charge is 0.393 e. The first-order chi connectivity index (χ1) is 12.1. The summed E-state index contributed by atoms with van der Waals surface area (Å²) in [6, 6.07) is 0. The highest BCUT2D eigenvalue weighted by molar-refractivity contribution is 6.01. The Hall–Kier alpha value is -1.33. The lowest BCUT2D eigenvalue weighted by Gasteiger charge is -2.59. The van der Waals surface area contributed by atoms with Gasteiger partial charge in [0.15, 0.2) is 5.78 Å². The number of ketones is 3. The second-order valence-corrected chi connectivity index (χ2v) is 9.48. The van der Waals surface area contributed by atoms with E-state index in [2.05, 4.69) is 0 Å². The molecule has 26 heavy (non-hydrogen) atoms. The zero-order chi connectivity index (χ0) is 19.1. The van der Waals surface area contributed by atoms with Crippen molar-refractivity contribution < 1.29 is 24.6 Å². The van der Waals surface area contributed by atoms with E-state index in [0.29, 0.717) is 25.7 Å². The molecule has 2 N–H and O–H groups in total. The Morgan fingerprint density at radius 1 is 1.23 bits per heavy atom. The molecule has 0 heterocycles. The van der Waals surface area contributed by atoms with Crippen molar-refractivity contribution in [2.45, 2.75) is 71.0 Å². The van der Waals surface area contributed by atoms with Crippen molar-refractivity contribution in [1.82, 2.24) is 0 Å². The highest BCUT2D eigenvalue weighted by Gasteiger charge is 2.73. The molecule has 0 radical (unpaired) electrons. The van der Waals surface area contributed by atoms with Gasteiger partial charge in [0.25, 0.3) is 0 Å². The number of carbonyl (C=O) groups excluding carboxylic acids is 3. The van der Waals surface area contributed by atoms with E-state index in [1.54, 1.807) is 6.92 Å². The first kappa shape index (κ1) is 18.1. The van der Waals surface area contributed by atoms with Crippen LogP contribution in [0.2, 0.25) is 0 Å². The number of aliphatic hydroxyl groups is 2. The summed E-state index contributed by atoms with van der Waals surface area (Å²) < 4.78 is 0. The van der Waals surface area contributed by atoms with Crippen LogP contribution in [0, 0.1) is 28.6 Å². The number of hydrogen-bond donors (Lipinski definition) is 2. The summed E-state index contributed by atoms with van der Waals surface area (Å²) in [7, 11) is 0. The minimum Gasteiger partial charge on any atom is -0.393 e. The van der Waals surface area contributed by atoms with Crippen LogP contribution in [0.1, 0.15) is 59.3 Å². The highest BCUT2D eigenvalue weighted by atomic mass is 16.3. The molecule has 3 saturated carbocycles. The fourth-order valence-corrected chi connectivity index (χ4v) is 6.83. The molecule has 7 atom stereocenters. The van der Waals surface area contributed by atoms with Gasteiger partial charge < -0.3 is 10.2 Å². The van der Waals surface area contributed by atoms with E-state index in [9.17, 15) is 24.6 Å². The van der Waals surface area contributed by atoms with Crippen LogP contribution >= 0.6 is 0 Å². The van der Waals surface area contributed by atoms with Gasteiger partial charge in [-0.25, -0.2) is 0 Å². The summed E-state index contributed by atoms with van der Waals surface area (Å²) in [4.78, 5) is 38.4. The third-order valence-corrected chi connectivity index (χ3v) is 8.26. The molecule has 0 aromatic heterocycles. The summed E-state index contributed by atoms with van der Waals surface area (Å²) in [6.45, 7) is 5.26. The topological polar surface area (TPSA) is 91.7 Å². The lowest BCUT2D eigenvalue weighted by molar-refractivity contribution is -0.188. The molecule has 0 aromatic rings. The van der Waals surface area contributed by atoms with Crippen molar-refractivity contribution >= 4 is 17.3 Å². The van der Waals surface area contributed by atoms with Gasteiger partial charge >= 0.3 is 0 Å². The van der Waals surface area contributed by atoms with E-state index in [4.69, 9.17) is 0 Å². The summed E-state index contributed by atoms with van der Waals surface area (Å²) in [5.41, 5.74) is -1.95. The summed E-state index contributed by atoms with van der Waals surface area (Å²) >= 11 is 0. The SMILES string of the molecule is CC(=O)[C@@H]1CC(=O)[C@]2(O)[C@@H]3CC=C4C[C@@H](O)CC[C@]4(C)[C@@H]3C(=O)C[C@]12C. The fourth-order valence-electron chi connectivity index (χ4n) is 6.83. The average Bonchev–Trinajstić information content (AvgIpc) is 2.76. The van der Waals surface area contributed by atoms with Crippen molar-refractivity contribution in [2.75, 3.05) is 0 Å². The number of carbonyl (C=O) groups is 3. The van der Waals surface area contributed by atoms with Gasteiger partial charge in [-0.2, -0.15) is 0 Å². The second-order valence-electron chi connectivity index (χ2n) is 9.48. The molecule has 0 unspecified atom stereocenters. The molecule has 0 amide bonds. The molecule has 0 saturated heterocycles. The minimum atomic E-state index is -1.62. The molecule has 0 spiro atoms. The molecular formula is C21H28O5. The first-order valence-electron chi connectivity index (χ1n) is 9.72. The van der Waals surface area contributed by atoms with E-state index in [-0.39, 0.29) is 36.3 Å². The Bertz CT molecular complexity index is 739. The zero-order valence-electron chi connectivity index (χ0n) is 15.7. The molecular weight excluding hydrogens is 332 g/mol. The number of rotatable bonds is 1. The van der Waals surface area contributed by atoms with Gasteiger partial charge in [-0.15, -0.1) is 0 Å². The Labute approximate surface area is 153 Å². The number of aliphatic hydroxyl groups excluding tert-OH is 1. The molecule has 0 aliphatic heterocycles. The van der Waals surface area contributed by atoms with E-state index in [1.807, 2.05) is 13.0 Å². The molecule has 0 aromatic carbocycles. The van der Waals surface area contributed by atoms with E-state index in [1.165, 1.54) is 6.92 Å². The van der Waals surface area contributed by atoms with Crippen LogP contribution in [0.3, 0.4) is 0 Å². The maximum atomic E-state index is 13.3. The van der Waals surface area contributed by atoms with Crippen LogP contribution in [-0.4, -0.2) is 39.3 Å². The summed E-state index contributed by atoms with van der Waals surface area (Å²) in [5.74, 6) is -1.82. The standard InChI is InChI=1S/C21H28O5/c1-11(22)15-9-17(25)21(26)14-5-4-12-8-13(23)6-7-19(12,2)18(14)16(24)10-20(15,21)3/h4,13-15,18,23,26H,5-10H2,1-3H3/t13-,14+,15-,18-,19-,20+,21+/m0/s1. The lowest BCUT2D eigenvalue weighted by atomic mass is 9.45. The lowest BCUT2D eigenvalue weighted by Crippen LogP contribution is -2.66. The average molecular weight is 360 g/mol. The van der Waals surface area contributed by atoms with Crippen molar-refractivity contribution in [1.29, 1.82) is 0 Å². The monoisotopic (exact) mass is 360 g/mol. The van der Waals surface area contributed by atoms with Crippen LogP contribution in [0.15, 0.2) is 11.6 Å². The van der Waals surface area contributed by atoms with Crippen LogP contribution < -0.4 is 0 Å². The number of allylic oxidation sites excluding steroid dienone is 1. The molecule has 5 heteroatoms.